The smallest absolute Gasteiger partial charge is 0.259 e. The summed E-state index contributed by atoms with van der Waals surface area (Å²) in [5.74, 6) is 1.26. The maximum absolute atomic E-state index is 13.0. The number of nitrogens with zero attached hydrogens (tertiary/aromatic N) is 2. The number of pyridine rings is 2. The summed E-state index contributed by atoms with van der Waals surface area (Å²) in [5.41, 5.74) is 5.24. The highest BCUT2D eigenvalue weighted by Gasteiger charge is 2.27. The largest absolute Gasteiger partial charge is 0.395 e. The molecule has 0 unspecified atom stereocenters. The van der Waals surface area contributed by atoms with Gasteiger partial charge in [-0.05, 0) is 55.1 Å². The topological polar surface area (TPSA) is 116 Å². The molecule has 0 saturated heterocycles. The van der Waals surface area contributed by atoms with Gasteiger partial charge in [-0.15, -0.1) is 0 Å². The van der Waals surface area contributed by atoms with Crippen molar-refractivity contribution in [3.05, 3.63) is 71.0 Å². The number of amides is 1. The molecule has 1 fully saturated rings. The molecule has 0 bridgehead atoms. The van der Waals surface area contributed by atoms with E-state index in [1.54, 1.807) is 6.20 Å². The number of carbonyl (C=O) groups is 1. The molecule has 1 aromatic carbocycles. The molecule has 35 heavy (non-hydrogen) atoms. The second kappa shape index (κ2) is 9.73. The van der Waals surface area contributed by atoms with E-state index in [-0.39, 0.29) is 18.6 Å². The number of nitrogens with two attached hydrogens (primary N) is 1. The lowest BCUT2D eigenvalue weighted by atomic mass is 9.90. The molecule has 1 saturated carbocycles. The van der Waals surface area contributed by atoms with Gasteiger partial charge in [0.2, 0.25) is 5.82 Å². The summed E-state index contributed by atoms with van der Waals surface area (Å²) in [6.45, 7) is 5.78. The Morgan fingerprint density at radius 1 is 1.20 bits per heavy atom. The van der Waals surface area contributed by atoms with Gasteiger partial charge in [-0.2, -0.15) is 0 Å². The number of aromatic nitrogens is 2. The quantitative estimate of drug-likeness (QED) is 0.343. The van der Waals surface area contributed by atoms with E-state index in [0.29, 0.717) is 11.4 Å². The van der Waals surface area contributed by atoms with Crippen molar-refractivity contribution in [3.8, 4) is 0 Å². The first kappa shape index (κ1) is 23.4. The van der Waals surface area contributed by atoms with E-state index in [2.05, 4.69) is 39.1 Å². The number of quaternary nitrogens is 1. The number of aliphatic hydroxyl groups is 1. The molecule has 5 rings (SSSR count). The molecule has 1 amide bonds. The number of benzene rings is 1. The third-order valence-electron chi connectivity index (χ3n) is 6.62. The van der Waals surface area contributed by atoms with Gasteiger partial charge in [0.15, 0.2) is 5.69 Å². The zero-order chi connectivity index (χ0) is 24.4. The van der Waals surface area contributed by atoms with E-state index >= 15 is 0 Å². The standard InChI is InChI=1S/C27H32N6O2/c1-27(2,16-34)23-4-3-5-24(33-23)32-22-13-25(29-15-21(22)26(35)31-19-8-9-19)30-20-7-6-17-10-11-28-14-18(17)12-20/h3-7,12-13,15,19,28,34H,8-11,14,16H2,1-2H3,(H,31,35)(H2,29,30,32,33)/p+1. The maximum Gasteiger partial charge on any atom is 0.259 e. The maximum atomic E-state index is 13.0. The van der Waals surface area contributed by atoms with E-state index in [0.717, 1.165) is 55.2 Å². The highest BCUT2D eigenvalue weighted by Crippen LogP contribution is 2.25. The normalized spacial score (nSPS) is 15.4. The number of rotatable bonds is 8. The Morgan fingerprint density at radius 2 is 2.06 bits per heavy atom. The highest BCUT2D eigenvalue weighted by atomic mass is 16.3. The van der Waals surface area contributed by atoms with Crippen molar-refractivity contribution < 1.29 is 15.2 Å². The predicted octanol–water partition coefficient (Wildman–Crippen LogP) is 2.55. The summed E-state index contributed by atoms with van der Waals surface area (Å²) in [6, 6.07) is 14.3. The van der Waals surface area contributed by atoms with Crippen molar-refractivity contribution in [1.82, 2.24) is 20.6 Å². The van der Waals surface area contributed by atoms with Gasteiger partial charge in [0.05, 0.1) is 12.3 Å². The molecule has 6 N–H and O–H groups in total. The molecule has 3 aromatic rings. The fourth-order valence-electron chi connectivity index (χ4n) is 4.19. The summed E-state index contributed by atoms with van der Waals surface area (Å²) in [5, 5.41) is 21.5. The van der Waals surface area contributed by atoms with Crippen LogP contribution in [0.2, 0.25) is 0 Å². The van der Waals surface area contributed by atoms with Crippen LogP contribution in [0.15, 0.2) is 48.7 Å². The first-order chi connectivity index (χ1) is 16.9. The molecule has 0 radical (unpaired) electrons. The van der Waals surface area contributed by atoms with Crippen molar-refractivity contribution in [2.45, 2.75) is 51.1 Å². The number of nitrogens with one attached hydrogen (secondary N) is 3. The molecular formula is C27H33N6O2+. The number of hydrogen-bond donors (Lipinski definition) is 5. The first-order valence-electron chi connectivity index (χ1n) is 12.2. The van der Waals surface area contributed by atoms with Crippen LogP contribution in [-0.4, -0.2) is 40.2 Å². The van der Waals surface area contributed by atoms with Crippen molar-refractivity contribution in [2.75, 3.05) is 18.5 Å². The minimum atomic E-state index is -0.456. The average molecular weight is 474 g/mol. The molecule has 2 aliphatic rings. The second-order valence-corrected chi connectivity index (χ2v) is 10.1. The van der Waals surface area contributed by atoms with Crippen molar-refractivity contribution in [1.29, 1.82) is 0 Å². The van der Waals surface area contributed by atoms with Crippen molar-refractivity contribution in [3.63, 3.8) is 0 Å². The Bertz CT molecular complexity index is 1240. The molecule has 8 nitrogen and oxygen atoms in total. The van der Waals surface area contributed by atoms with Crippen LogP contribution in [0.4, 0.5) is 23.0 Å². The summed E-state index contributed by atoms with van der Waals surface area (Å²) in [7, 11) is 0. The molecule has 3 heterocycles. The lowest BCUT2D eigenvalue weighted by molar-refractivity contribution is -0.483. The van der Waals surface area contributed by atoms with Crippen LogP contribution in [-0.2, 0) is 18.4 Å². The Morgan fingerprint density at radius 3 is 2.86 bits per heavy atom. The third kappa shape index (κ3) is 5.51. The fourth-order valence-corrected chi connectivity index (χ4v) is 4.19. The van der Waals surface area contributed by atoms with Crippen molar-refractivity contribution >= 4 is 28.9 Å². The van der Waals surface area contributed by atoms with E-state index in [9.17, 15) is 9.90 Å². The predicted molar refractivity (Wildman–Crippen MR) is 135 cm³/mol. The van der Waals surface area contributed by atoms with Crippen molar-refractivity contribution in [2.24, 2.45) is 0 Å². The number of hydrogen-bond acceptors (Lipinski definition) is 6. The van der Waals surface area contributed by atoms with Gasteiger partial charge in [0.1, 0.15) is 11.4 Å². The molecule has 1 aliphatic heterocycles. The Labute approximate surface area is 205 Å². The molecule has 2 aromatic heterocycles. The van der Waals surface area contributed by atoms with Crippen LogP contribution >= 0.6 is 0 Å². The summed E-state index contributed by atoms with van der Waals surface area (Å²) in [4.78, 5) is 22.3. The van der Waals surface area contributed by atoms with Crippen LogP contribution < -0.4 is 21.3 Å². The summed E-state index contributed by atoms with van der Waals surface area (Å²) >= 11 is 0. The number of anilines is 2. The zero-order valence-electron chi connectivity index (χ0n) is 20.3. The highest BCUT2D eigenvalue weighted by molar-refractivity contribution is 5.98. The van der Waals surface area contributed by atoms with Gasteiger partial charge in [-0.1, -0.05) is 26.0 Å². The first-order valence-corrected chi connectivity index (χ1v) is 12.2. The lowest BCUT2D eigenvalue weighted by Gasteiger charge is -2.20. The number of aliphatic hydroxyl groups excluding tert-OH is 1. The molecule has 0 spiro atoms. The second-order valence-electron chi connectivity index (χ2n) is 10.1. The van der Waals surface area contributed by atoms with Gasteiger partial charge in [0.25, 0.3) is 5.91 Å². The van der Waals surface area contributed by atoms with Gasteiger partial charge in [0, 0.05) is 42.0 Å². The van der Waals surface area contributed by atoms with E-state index in [1.807, 2.05) is 43.4 Å². The Kier molecular flexibility index (Phi) is 6.51. The molecule has 8 heteroatoms. The lowest BCUT2D eigenvalue weighted by Crippen LogP contribution is -2.72. The molecule has 182 valence electrons. The number of fused-ring (bicyclic) bond motifs is 1. The third-order valence-corrected chi connectivity index (χ3v) is 6.62. The minimum absolute atomic E-state index is 0.00186. The van der Waals surface area contributed by atoms with Crippen LogP contribution in [0.1, 0.15) is 53.9 Å². The van der Waals surface area contributed by atoms with Crippen LogP contribution in [0.5, 0.6) is 0 Å². The van der Waals surface area contributed by atoms with Crippen LogP contribution in [0, 0.1) is 0 Å². The monoisotopic (exact) mass is 473 g/mol. The Balaban J connectivity index is 1.44. The number of carbonyl (C=O) groups excluding carboxylic acids is 1. The summed E-state index contributed by atoms with van der Waals surface area (Å²) < 4.78 is 0. The van der Waals surface area contributed by atoms with E-state index in [1.165, 1.54) is 11.1 Å². The Hall–Kier alpha value is -3.33. The molecule has 0 atom stereocenters. The van der Waals surface area contributed by atoms with Gasteiger partial charge in [-0.3, -0.25) is 10.1 Å². The van der Waals surface area contributed by atoms with Gasteiger partial charge >= 0.3 is 0 Å². The van der Waals surface area contributed by atoms with E-state index in [4.69, 9.17) is 4.98 Å². The molecular weight excluding hydrogens is 440 g/mol. The van der Waals surface area contributed by atoms with Gasteiger partial charge in [-0.25, -0.2) is 9.97 Å². The SMILES string of the molecule is CC(C)(CO)c1cccc([NH2+]c2cc(Nc3ccc4c(c3)CNCC4)ncc2C(=O)NC2CC2)n1. The fraction of sp³-hybridized carbons (Fsp3) is 0.370. The zero-order valence-corrected chi connectivity index (χ0v) is 20.3. The minimum Gasteiger partial charge on any atom is -0.395 e. The summed E-state index contributed by atoms with van der Waals surface area (Å²) in [6.07, 6.45) is 4.71. The average Bonchev–Trinajstić information content (AvgIpc) is 3.68. The van der Waals surface area contributed by atoms with Crippen LogP contribution in [0.3, 0.4) is 0 Å². The van der Waals surface area contributed by atoms with E-state index < -0.39 is 5.41 Å². The van der Waals surface area contributed by atoms with Gasteiger partial charge < -0.3 is 21.1 Å². The van der Waals surface area contributed by atoms with Crippen LogP contribution in [0.25, 0.3) is 0 Å². The molecule has 1 aliphatic carbocycles.